The van der Waals surface area contributed by atoms with Gasteiger partial charge < -0.3 is 19.7 Å². The third-order valence-corrected chi connectivity index (χ3v) is 6.36. The molecule has 7 heteroatoms. The predicted molar refractivity (Wildman–Crippen MR) is 122 cm³/mol. The van der Waals surface area contributed by atoms with Gasteiger partial charge in [-0.15, -0.1) is 0 Å². The van der Waals surface area contributed by atoms with Gasteiger partial charge >= 0.3 is 0 Å². The van der Waals surface area contributed by atoms with E-state index >= 15 is 0 Å². The van der Waals surface area contributed by atoms with Gasteiger partial charge in [0.05, 0.1) is 24.7 Å². The molecule has 2 N–H and O–H groups in total. The first-order valence-corrected chi connectivity index (χ1v) is 10.6. The van der Waals surface area contributed by atoms with Gasteiger partial charge in [-0.3, -0.25) is 14.5 Å². The van der Waals surface area contributed by atoms with Gasteiger partial charge in [0.2, 0.25) is 5.91 Å². The molecule has 1 unspecified atom stereocenters. The largest absolute Gasteiger partial charge is 0.504 e. The minimum atomic E-state index is -0.421. The minimum Gasteiger partial charge on any atom is -0.504 e. The number of nitrogens with one attached hydrogen (secondary N) is 1. The van der Waals surface area contributed by atoms with Crippen molar-refractivity contribution in [2.45, 2.75) is 32.7 Å². The molecule has 0 spiro atoms. The summed E-state index contributed by atoms with van der Waals surface area (Å²) in [4.78, 5) is 26.9. The second-order valence-corrected chi connectivity index (χ2v) is 8.58. The Balaban J connectivity index is 1.83. The molecule has 164 valence electrons. The second kappa shape index (κ2) is 7.15. The molecule has 0 saturated heterocycles. The lowest BCUT2D eigenvalue weighted by atomic mass is 9.84. The Morgan fingerprint density at radius 3 is 2.72 bits per heavy atom. The summed E-state index contributed by atoms with van der Waals surface area (Å²) in [6.45, 7) is 5.86. The number of nitrogens with zero attached hydrogens (tertiary/aromatic N) is 2. The lowest BCUT2D eigenvalue weighted by Crippen LogP contribution is -2.33. The fourth-order valence-electron chi connectivity index (χ4n) is 4.88. The summed E-state index contributed by atoms with van der Waals surface area (Å²) in [6, 6.07) is 11.5. The molecule has 0 bridgehead atoms. The first-order chi connectivity index (χ1) is 15.3. The van der Waals surface area contributed by atoms with E-state index in [1.165, 1.54) is 18.9 Å². The number of hydrogen-bond donors (Lipinski definition) is 2. The summed E-state index contributed by atoms with van der Waals surface area (Å²) in [5, 5.41) is 14.7. The van der Waals surface area contributed by atoms with Crippen LogP contribution in [0.3, 0.4) is 0 Å². The van der Waals surface area contributed by atoms with Gasteiger partial charge in [-0.1, -0.05) is 12.1 Å². The highest BCUT2D eigenvalue weighted by molar-refractivity contribution is 6.11. The number of carbonyl (C=O) groups is 2. The smallest absolute Gasteiger partial charge is 0.259 e. The standard InChI is InChI=1S/C25H25N3O4/c1-13(2)27-11-16-22(15-8-9-20(30)21(10-15)32-4)24-18(12-28(14(3)29)25(24)31)26-17-6-5-7-19(27)23(16)17/h5-11,13,22,26,30H,12H2,1-4H3. The molecule has 5 rings (SSSR count). The summed E-state index contributed by atoms with van der Waals surface area (Å²) in [5.41, 5.74) is 5.05. The zero-order chi connectivity index (χ0) is 22.7. The molecular weight excluding hydrogens is 406 g/mol. The molecule has 1 aromatic heterocycles. The van der Waals surface area contributed by atoms with E-state index in [0.717, 1.165) is 33.4 Å². The highest BCUT2D eigenvalue weighted by Gasteiger charge is 2.41. The van der Waals surface area contributed by atoms with Crippen LogP contribution in [0.5, 0.6) is 11.5 Å². The first kappa shape index (κ1) is 20.2. The van der Waals surface area contributed by atoms with Gasteiger partial charge in [-0.05, 0) is 49.2 Å². The molecule has 0 radical (unpaired) electrons. The van der Waals surface area contributed by atoms with E-state index in [-0.39, 0.29) is 30.2 Å². The van der Waals surface area contributed by atoms with Crippen LogP contribution in [-0.2, 0) is 9.59 Å². The van der Waals surface area contributed by atoms with Gasteiger partial charge in [0.15, 0.2) is 11.5 Å². The highest BCUT2D eigenvalue weighted by Crippen LogP contribution is 2.48. The maximum Gasteiger partial charge on any atom is 0.259 e. The number of hydrogen-bond acceptors (Lipinski definition) is 5. The van der Waals surface area contributed by atoms with Gasteiger partial charge in [-0.2, -0.15) is 0 Å². The summed E-state index contributed by atoms with van der Waals surface area (Å²) in [6.07, 6.45) is 2.10. The number of imide groups is 1. The normalized spacial score (nSPS) is 17.6. The third-order valence-electron chi connectivity index (χ3n) is 6.36. The lowest BCUT2D eigenvalue weighted by Gasteiger charge is -2.20. The molecule has 2 aliphatic rings. The van der Waals surface area contributed by atoms with Crippen molar-refractivity contribution in [1.29, 1.82) is 0 Å². The SMILES string of the molecule is COc1cc(C2C3=C(CN(C(C)=O)C3=O)Nc3cccc4c3c2cn4C(C)C)ccc1O. The van der Waals surface area contributed by atoms with Crippen molar-refractivity contribution >= 4 is 28.4 Å². The minimum absolute atomic E-state index is 0.0330. The van der Waals surface area contributed by atoms with Crippen LogP contribution in [0.4, 0.5) is 5.69 Å². The molecule has 0 saturated carbocycles. The number of phenols is 1. The average molecular weight is 431 g/mol. The van der Waals surface area contributed by atoms with Crippen LogP contribution in [0.1, 0.15) is 43.9 Å². The molecule has 0 aliphatic carbocycles. The number of benzene rings is 2. The Labute approximate surface area is 185 Å². The van der Waals surface area contributed by atoms with Crippen LogP contribution < -0.4 is 10.1 Å². The summed E-state index contributed by atoms with van der Waals surface area (Å²) in [7, 11) is 1.50. The second-order valence-electron chi connectivity index (χ2n) is 8.58. The Hall–Kier alpha value is -3.74. The van der Waals surface area contributed by atoms with Gasteiger partial charge in [-0.25, -0.2) is 0 Å². The van der Waals surface area contributed by atoms with Gasteiger partial charge in [0.1, 0.15) is 0 Å². The predicted octanol–water partition coefficient (Wildman–Crippen LogP) is 4.14. The van der Waals surface area contributed by atoms with Crippen molar-refractivity contribution in [1.82, 2.24) is 9.47 Å². The summed E-state index contributed by atoms with van der Waals surface area (Å²) >= 11 is 0. The first-order valence-electron chi connectivity index (χ1n) is 10.6. The number of aromatic hydroxyl groups is 1. The molecule has 32 heavy (non-hydrogen) atoms. The molecule has 0 fully saturated rings. The number of aromatic nitrogens is 1. The molecule has 2 aliphatic heterocycles. The Bertz CT molecular complexity index is 1320. The highest BCUT2D eigenvalue weighted by atomic mass is 16.5. The zero-order valence-corrected chi connectivity index (χ0v) is 18.5. The van der Waals surface area contributed by atoms with E-state index in [9.17, 15) is 14.7 Å². The molecule has 3 heterocycles. The average Bonchev–Trinajstić information content (AvgIpc) is 3.25. The fourth-order valence-corrected chi connectivity index (χ4v) is 4.88. The van der Waals surface area contributed by atoms with Gasteiger partial charge in [0.25, 0.3) is 5.91 Å². The number of methoxy groups -OCH3 is 1. The number of phenolic OH excluding ortho intramolecular Hbond substituents is 1. The van der Waals surface area contributed by atoms with E-state index in [1.54, 1.807) is 12.1 Å². The van der Waals surface area contributed by atoms with E-state index in [2.05, 4.69) is 36.0 Å². The third kappa shape index (κ3) is 2.81. The van der Waals surface area contributed by atoms with Crippen molar-refractivity contribution in [2.24, 2.45) is 0 Å². The molecule has 7 nitrogen and oxygen atoms in total. The van der Waals surface area contributed by atoms with Crippen molar-refractivity contribution in [3.05, 3.63) is 65.0 Å². The Kier molecular flexibility index (Phi) is 4.51. The molecule has 2 aromatic carbocycles. The molecule has 2 amide bonds. The number of ether oxygens (including phenoxy) is 1. The maximum absolute atomic E-state index is 13.5. The van der Waals surface area contributed by atoms with Crippen LogP contribution in [0.25, 0.3) is 10.9 Å². The van der Waals surface area contributed by atoms with Crippen molar-refractivity contribution in [3.8, 4) is 11.5 Å². The van der Waals surface area contributed by atoms with E-state index < -0.39 is 5.92 Å². The van der Waals surface area contributed by atoms with E-state index in [4.69, 9.17) is 4.74 Å². The molecule has 1 atom stereocenters. The van der Waals surface area contributed by atoms with Crippen molar-refractivity contribution < 1.29 is 19.4 Å². The number of rotatable bonds is 3. The van der Waals surface area contributed by atoms with Crippen LogP contribution in [0.2, 0.25) is 0 Å². The van der Waals surface area contributed by atoms with Crippen LogP contribution in [-0.4, -0.2) is 40.0 Å². The molecular formula is C25H25N3O4. The van der Waals surface area contributed by atoms with Crippen molar-refractivity contribution in [2.75, 3.05) is 19.0 Å². The topological polar surface area (TPSA) is 83.8 Å². The number of anilines is 1. The van der Waals surface area contributed by atoms with Crippen LogP contribution in [0.15, 0.2) is 53.9 Å². The summed E-state index contributed by atoms with van der Waals surface area (Å²) in [5.74, 6) is -0.635. The van der Waals surface area contributed by atoms with Crippen LogP contribution in [0, 0.1) is 0 Å². The van der Waals surface area contributed by atoms with E-state index in [1.807, 2.05) is 18.2 Å². The Morgan fingerprint density at radius 1 is 1.25 bits per heavy atom. The lowest BCUT2D eigenvalue weighted by molar-refractivity contribution is -0.139. The molecule has 3 aromatic rings. The quantitative estimate of drug-likeness (QED) is 0.651. The zero-order valence-electron chi connectivity index (χ0n) is 18.5. The number of amides is 2. The van der Waals surface area contributed by atoms with Gasteiger partial charge in [0, 0.05) is 41.9 Å². The van der Waals surface area contributed by atoms with Crippen molar-refractivity contribution in [3.63, 3.8) is 0 Å². The monoisotopic (exact) mass is 431 g/mol. The van der Waals surface area contributed by atoms with Crippen LogP contribution >= 0.6 is 0 Å². The van der Waals surface area contributed by atoms with E-state index in [0.29, 0.717) is 11.3 Å². The summed E-state index contributed by atoms with van der Waals surface area (Å²) < 4.78 is 7.56. The fraction of sp³-hybridized carbons (Fsp3) is 0.280. The maximum atomic E-state index is 13.5. The number of carbonyl (C=O) groups excluding carboxylic acids is 2. The Morgan fingerprint density at radius 2 is 2.03 bits per heavy atom.